The van der Waals surface area contributed by atoms with Gasteiger partial charge in [-0.15, -0.1) is 0 Å². The van der Waals surface area contributed by atoms with Crippen LogP contribution in [-0.2, 0) is 0 Å². The van der Waals surface area contributed by atoms with Crippen molar-refractivity contribution in [1.29, 1.82) is 0 Å². The third-order valence-corrected chi connectivity index (χ3v) is 5.28. The van der Waals surface area contributed by atoms with Crippen LogP contribution in [-0.4, -0.2) is 13.1 Å². The van der Waals surface area contributed by atoms with Crippen molar-refractivity contribution in [3.8, 4) is 0 Å². The maximum atomic E-state index is 6.49. The SMILES string of the molecule is CCCNCC1CCC(CCC)CC1c1ccccc1Cl. The first-order valence-electron chi connectivity index (χ1n) is 8.71. The smallest absolute Gasteiger partial charge is 0.0440 e. The van der Waals surface area contributed by atoms with Crippen LogP contribution in [0.25, 0.3) is 0 Å². The van der Waals surface area contributed by atoms with Crippen molar-refractivity contribution in [2.75, 3.05) is 13.1 Å². The molecular weight excluding hydrogens is 278 g/mol. The first-order valence-corrected chi connectivity index (χ1v) is 9.09. The van der Waals surface area contributed by atoms with Crippen LogP contribution in [0.5, 0.6) is 0 Å². The van der Waals surface area contributed by atoms with E-state index in [1.807, 2.05) is 6.07 Å². The molecule has 2 rings (SSSR count). The number of halogens is 1. The summed E-state index contributed by atoms with van der Waals surface area (Å²) in [7, 11) is 0. The average molecular weight is 308 g/mol. The molecule has 3 atom stereocenters. The van der Waals surface area contributed by atoms with Gasteiger partial charge in [-0.05, 0) is 61.7 Å². The van der Waals surface area contributed by atoms with E-state index in [0.717, 1.165) is 29.9 Å². The lowest BCUT2D eigenvalue weighted by Gasteiger charge is -2.37. The molecule has 0 amide bonds. The van der Waals surface area contributed by atoms with Crippen molar-refractivity contribution in [1.82, 2.24) is 5.32 Å². The quantitative estimate of drug-likeness (QED) is 0.643. The second-order valence-electron chi connectivity index (χ2n) is 6.56. The fourth-order valence-electron chi connectivity index (χ4n) is 3.86. The van der Waals surface area contributed by atoms with Gasteiger partial charge in [0, 0.05) is 5.02 Å². The van der Waals surface area contributed by atoms with E-state index in [9.17, 15) is 0 Å². The molecule has 1 aliphatic rings. The highest BCUT2D eigenvalue weighted by molar-refractivity contribution is 6.31. The number of rotatable bonds is 7. The summed E-state index contributed by atoms with van der Waals surface area (Å²) in [5.41, 5.74) is 1.38. The van der Waals surface area contributed by atoms with Gasteiger partial charge in [0.1, 0.15) is 0 Å². The molecular formula is C19H30ClN. The topological polar surface area (TPSA) is 12.0 Å². The van der Waals surface area contributed by atoms with Gasteiger partial charge in [0.2, 0.25) is 0 Å². The number of hydrogen-bond acceptors (Lipinski definition) is 1. The zero-order valence-electron chi connectivity index (χ0n) is 13.6. The third kappa shape index (κ3) is 4.72. The van der Waals surface area contributed by atoms with E-state index in [1.54, 1.807) is 0 Å². The molecule has 1 aliphatic carbocycles. The van der Waals surface area contributed by atoms with Gasteiger partial charge < -0.3 is 5.32 Å². The second-order valence-corrected chi connectivity index (χ2v) is 6.97. The molecule has 1 saturated carbocycles. The maximum absolute atomic E-state index is 6.49. The predicted octanol–water partition coefficient (Wildman–Crippen LogP) is 5.64. The minimum absolute atomic E-state index is 0.633. The Morgan fingerprint density at radius 1 is 1.14 bits per heavy atom. The molecule has 0 spiro atoms. The van der Waals surface area contributed by atoms with E-state index in [-0.39, 0.29) is 0 Å². The highest BCUT2D eigenvalue weighted by Gasteiger charge is 2.31. The Hall–Kier alpha value is -0.530. The molecule has 1 fully saturated rings. The van der Waals surface area contributed by atoms with Gasteiger partial charge in [0.25, 0.3) is 0 Å². The van der Waals surface area contributed by atoms with Gasteiger partial charge >= 0.3 is 0 Å². The lowest BCUT2D eigenvalue weighted by Crippen LogP contribution is -2.32. The largest absolute Gasteiger partial charge is 0.316 e. The summed E-state index contributed by atoms with van der Waals surface area (Å²) in [5.74, 6) is 2.26. The lowest BCUT2D eigenvalue weighted by atomic mass is 9.70. The Bertz CT molecular complexity index is 418. The van der Waals surface area contributed by atoms with Crippen LogP contribution in [0, 0.1) is 11.8 Å². The second kappa shape index (κ2) is 8.80. The van der Waals surface area contributed by atoms with Crippen LogP contribution in [0.2, 0.25) is 5.02 Å². The lowest BCUT2D eigenvalue weighted by molar-refractivity contribution is 0.220. The zero-order valence-corrected chi connectivity index (χ0v) is 14.3. The van der Waals surface area contributed by atoms with Gasteiger partial charge in [-0.1, -0.05) is 62.9 Å². The molecule has 1 N–H and O–H groups in total. The third-order valence-electron chi connectivity index (χ3n) is 4.94. The maximum Gasteiger partial charge on any atom is 0.0440 e. The van der Waals surface area contributed by atoms with Crippen LogP contribution < -0.4 is 5.32 Å². The Balaban J connectivity index is 2.10. The predicted molar refractivity (Wildman–Crippen MR) is 93.1 cm³/mol. The fourth-order valence-corrected chi connectivity index (χ4v) is 4.13. The van der Waals surface area contributed by atoms with Crippen molar-refractivity contribution in [3.05, 3.63) is 34.9 Å². The van der Waals surface area contributed by atoms with E-state index in [4.69, 9.17) is 11.6 Å². The molecule has 0 saturated heterocycles. The standard InChI is InChI=1S/C19H30ClN/c1-3-7-15-10-11-16(14-21-12-4-2)18(13-15)17-8-5-6-9-19(17)20/h5-6,8-9,15-16,18,21H,3-4,7,10-14H2,1-2H3. The van der Waals surface area contributed by atoms with E-state index in [1.165, 1.54) is 44.1 Å². The molecule has 118 valence electrons. The molecule has 0 radical (unpaired) electrons. The summed E-state index contributed by atoms with van der Waals surface area (Å²) in [6, 6.07) is 8.48. The van der Waals surface area contributed by atoms with Gasteiger partial charge in [0.05, 0.1) is 0 Å². The van der Waals surface area contributed by atoms with Crippen molar-refractivity contribution in [3.63, 3.8) is 0 Å². The first-order chi connectivity index (χ1) is 10.3. The minimum atomic E-state index is 0.633. The number of nitrogens with one attached hydrogen (secondary N) is 1. The normalized spacial score (nSPS) is 26.0. The molecule has 0 bridgehead atoms. The Kier molecular flexibility index (Phi) is 7.06. The van der Waals surface area contributed by atoms with E-state index in [0.29, 0.717) is 5.92 Å². The van der Waals surface area contributed by atoms with Gasteiger partial charge in [-0.3, -0.25) is 0 Å². The number of benzene rings is 1. The zero-order chi connectivity index (χ0) is 15.1. The molecule has 3 unspecified atom stereocenters. The van der Waals surface area contributed by atoms with Gasteiger partial charge in [-0.25, -0.2) is 0 Å². The highest BCUT2D eigenvalue weighted by atomic mass is 35.5. The first kappa shape index (κ1) is 16.8. The fraction of sp³-hybridized carbons (Fsp3) is 0.684. The minimum Gasteiger partial charge on any atom is -0.316 e. The van der Waals surface area contributed by atoms with Crippen LogP contribution in [0.15, 0.2) is 24.3 Å². The Morgan fingerprint density at radius 2 is 1.95 bits per heavy atom. The van der Waals surface area contributed by atoms with Crippen molar-refractivity contribution in [2.24, 2.45) is 11.8 Å². The van der Waals surface area contributed by atoms with Crippen molar-refractivity contribution < 1.29 is 0 Å². The summed E-state index contributed by atoms with van der Waals surface area (Å²) in [5, 5.41) is 4.59. The molecule has 0 aromatic heterocycles. The molecule has 2 heteroatoms. The highest BCUT2D eigenvalue weighted by Crippen LogP contribution is 2.43. The van der Waals surface area contributed by atoms with Crippen molar-refractivity contribution >= 4 is 11.6 Å². The summed E-state index contributed by atoms with van der Waals surface area (Å²) in [6.45, 7) is 6.81. The molecule has 0 aliphatic heterocycles. The monoisotopic (exact) mass is 307 g/mol. The van der Waals surface area contributed by atoms with Gasteiger partial charge in [0.15, 0.2) is 0 Å². The van der Waals surface area contributed by atoms with Crippen LogP contribution in [0.1, 0.15) is 63.9 Å². The summed E-state index contributed by atoms with van der Waals surface area (Å²) >= 11 is 6.49. The summed E-state index contributed by atoms with van der Waals surface area (Å²) in [6.07, 6.45) is 7.94. The van der Waals surface area contributed by atoms with E-state index in [2.05, 4.69) is 37.4 Å². The summed E-state index contributed by atoms with van der Waals surface area (Å²) in [4.78, 5) is 0. The van der Waals surface area contributed by atoms with Crippen LogP contribution in [0.3, 0.4) is 0 Å². The molecule has 1 aromatic carbocycles. The van der Waals surface area contributed by atoms with E-state index < -0.39 is 0 Å². The van der Waals surface area contributed by atoms with Crippen LogP contribution >= 0.6 is 11.6 Å². The molecule has 1 aromatic rings. The molecule has 1 nitrogen and oxygen atoms in total. The van der Waals surface area contributed by atoms with Crippen LogP contribution in [0.4, 0.5) is 0 Å². The summed E-state index contributed by atoms with van der Waals surface area (Å²) < 4.78 is 0. The molecule has 21 heavy (non-hydrogen) atoms. The van der Waals surface area contributed by atoms with Crippen molar-refractivity contribution in [2.45, 2.75) is 58.3 Å². The molecule has 0 heterocycles. The van der Waals surface area contributed by atoms with Gasteiger partial charge in [-0.2, -0.15) is 0 Å². The van der Waals surface area contributed by atoms with E-state index >= 15 is 0 Å². The number of hydrogen-bond donors (Lipinski definition) is 1. The Morgan fingerprint density at radius 3 is 2.67 bits per heavy atom. The average Bonchev–Trinajstić information content (AvgIpc) is 2.50. The Labute approximate surface area is 135 Å².